The fourth-order valence-corrected chi connectivity index (χ4v) is 18.7. The minimum absolute atomic E-state index is 0.142. The van der Waals surface area contributed by atoms with Crippen LogP contribution in [-0.4, -0.2) is 25.8 Å². The third-order valence-corrected chi connectivity index (χ3v) is 25.9. The fraction of sp³-hybridized carbons (Fsp3) is 0.281. The van der Waals surface area contributed by atoms with Gasteiger partial charge < -0.3 is 9.13 Å². The van der Waals surface area contributed by atoms with E-state index in [1.54, 1.807) is 0 Å². The summed E-state index contributed by atoms with van der Waals surface area (Å²) in [6.07, 6.45) is 0. The highest BCUT2D eigenvalue weighted by atomic mass is 15.0. The molecule has 0 saturated carbocycles. The Morgan fingerprint density at radius 1 is 0.218 bits per heavy atom. The van der Waals surface area contributed by atoms with Crippen LogP contribution >= 0.6 is 0 Å². The van der Waals surface area contributed by atoms with E-state index in [4.69, 9.17) is 9.97 Å². The van der Waals surface area contributed by atoms with Crippen molar-refractivity contribution in [3.8, 4) is 112 Å². The van der Waals surface area contributed by atoms with Crippen molar-refractivity contribution >= 4 is 66.7 Å². The van der Waals surface area contributed by atoms with E-state index < -0.39 is 0 Å². The molecule has 0 saturated heterocycles. The first-order valence-electron chi connectivity index (χ1n) is 43.3. The summed E-state index contributed by atoms with van der Waals surface area (Å²) in [6.45, 7) is 56.3. The lowest BCUT2D eigenvalue weighted by atomic mass is 9.34. The van der Waals surface area contributed by atoms with Crippen molar-refractivity contribution in [3.63, 3.8) is 0 Å². The summed E-state index contributed by atoms with van der Waals surface area (Å²) in [6, 6.07) is 102. The molecule has 2 aliphatic rings. The molecule has 0 amide bonds. The van der Waals surface area contributed by atoms with Gasteiger partial charge in [0.1, 0.15) is 0 Å². The highest BCUT2D eigenvalue weighted by Gasteiger charge is 2.44. The first-order chi connectivity index (χ1) is 56.0. The Labute approximate surface area is 708 Å². The Balaban J connectivity index is 1.09. The maximum absolute atomic E-state index is 6.14. The van der Waals surface area contributed by atoms with Crippen molar-refractivity contribution in [1.29, 1.82) is 0 Å². The summed E-state index contributed by atoms with van der Waals surface area (Å²) in [5.41, 5.74) is 38.9. The van der Waals surface area contributed by atoms with Crippen molar-refractivity contribution in [1.82, 2.24) is 19.1 Å². The monoisotopic (exact) mass is 1550 g/mol. The predicted molar refractivity (Wildman–Crippen MR) is 514 cm³/mol. The second kappa shape index (κ2) is 27.6. The molecule has 0 aliphatic carbocycles. The fourth-order valence-electron chi connectivity index (χ4n) is 18.7. The molecule has 5 heterocycles. The van der Waals surface area contributed by atoms with Gasteiger partial charge in [0.05, 0.1) is 33.5 Å². The van der Waals surface area contributed by atoms with Crippen molar-refractivity contribution in [2.45, 2.75) is 209 Å². The Bertz CT molecular complexity index is 6270. The van der Waals surface area contributed by atoms with Crippen LogP contribution in [0.15, 0.2) is 261 Å². The Morgan fingerprint density at radius 2 is 0.496 bits per heavy atom. The van der Waals surface area contributed by atoms with Crippen LogP contribution in [0, 0.1) is 0 Å². The molecule has 0 spiro atoms. The van der Waals surface area contributed by atoms with Gasteiger partial charge >= 0.3 is 0 Å². The lowest BCUT2D eigenvalue weighted by Crippen LogP contribution is -2.59. The molecule has 13 aromatic carbocycles. The smallest absolute Gasteiger partial charge is 0.252 e. The highest BCUT2D eigenvalue weighted by Crippen LogP contribution is 2.53. The van der Waals surface area contributed by atoms with E-state index in [2.05, 4.69) is 436 Å². The van der Waals surface area contributed by atoms with Crippen LogP contribution in [0.25, 0.3) is 156 Å². The maximum Gasteiger partial charge on any atom is 0.252 e. The quantitative estimate of drug-likeness (QED) is 0.135. The van der Waals surface area contributed by atoms with Crippen LogP contribution in [0.4, 0.5) is 0 Å². The van der Waals surface area contributed by atoms with Gasteiger partial charge in [0.25, 0.3) is 6.71 Å². The summed E-state index contributed by atoms with van der Waals surface area (Å²) in [4.78, 5) is 12.3. The maximum atomic E-state index is 6.14. The van der Waals surface area contributed by atoms with Gasteiger partial charge in [0, 0.05) is 49.6 Å². The molecule has 5 heteroatoms. The van der Waals surface area contributed by atoms with Crippen molar-refractivity contribution in [3.05, 3.63) is 305 Å². The van der Waals surface area contributed by atoms with Crippen LogP contribution in [-0.2, 0) is 43.3 Å². The number of fused-ring (bicyclic) bond motifs is 10. The molecule has 16 aromatic rings. The standard InChI is InChI=1S/C114H115BN4/c1-107(2,3)79-49-74(50-80(63-79)108(4,5)6)87-45-47-91-104-101(87)99-89(70-41-33-27-34-42-70)57-72(68-37-29-25-30-38-68)59-95(99)118(104)97-61-78(106-116-93(76-53-83(111(13,14)15)65-84(54-76)112(16,17)18)67-94(117-106)77-55-85(113(19,20)21)66-86(56-77)114(22,23)24)62-98-103(97)115(91)92-48-46-88(75-51-81(109(7,8)9)64-82(52-75)110(10,11)12)102-100-90(71-43-35-28-36-44-71)58-73(69-39-31-26-32-40-69)60-96(100)119(98)105(92)102/h25-67H,1-24H3. The van der Waals surface area contributed by atoms with Crippen LogP contribution in [0.2, 0.25) is 0 Å². The van der Waals surface area contributed by atoms with Gasteiger partial charge in [-0.25, -0.2) is 9.97 Å². The van der Waals surface area contributed by atoms with Gasteiger partial charge in [-0.05, 0) is 238 Å². The molecule has 0 bridgehead atoms. The van der Waals surface area contributed by atoms with Crippen LogP contribution < -0.4 is 16.4 Å². The van der Waals surface area contributed by atoms with Crippen molar-refractivity contribution in [2.24, 2.45) is 0 Å². The van der Waals surface area contributed by atoms with Gasteiger partial charge in [-0.3, -0.25) is 0 Å². The third-order valence-electron chi connectivity index (χ3n) is 25.9. The van der Waals surface area contributed by atoms with Gasteiger partial charge in [-0.15, -0.1) is 0 Å². The predicted octanol–water partition coefficient (Wildman–Crippen LogP) is 29.2. The molecule has 2 aliphatic heterocycles. The number of hydrogen-bond acceptors (Lipinski definition) is 2. The van der Waals surface area contributed by atoms with Gasteiger partial charge in [-0.2, -0.15) is 0 Å². The summed E-state index contributed by atoms with van der Waals surface area (Å²) < 4.78 is 5.46. The molecule has 0 fully saturated rings. The number of benzene rings is 13. The van der Waals surface area contributed by atoms with E-state index >= 15 is 0 Å². The summed E-state index contributed by atoms with van der Waals surface area (Å²) >= 11 is 0. The molecule has 594 valence electrons. The van der Waals surface area contributed by atoms with E-state index in [-0.39, 0.29) is 50.0 Å². The van der Waals surface area contributed by atoms with Crippen LogP contribution in [0.3, 0.4) is 0 Å². The molecule has 18 rings (SSSR count). The highest BCUT2D eigenvalue weighted by molar-refractivity contribution is 7.00. The molecular weight excluding hydrogens is 1440 g/mol. The Morgan fingerprint density at radius 3 is 0.782 bits per heavy atom. The first kappa shape index (κ1) is 78.8. The third kappa shape index (κ3) is 13.8. The minimum Gasteiger partial charge on any atom is -0.310 e. The van der Waals surface area contributed by atoms with Crippen LogP contribution in [0.5, 0.6) is 0 Å². The zero-order chi connectivity index (χ0) is 84.1. The molecular formula is C114H115BN4. The molecule has 0 atom stereocenters. The molecule has 119 heavy (non-hydrogen) atoms. The Hall–Kier alpha value is -11.4. The number of nitrogens with zero attached hydrogens (tertiary/aromatic N) is 4. The number of aromatic nitrogens is 4. The SMILES string of the molecule is CC(C)(C)c1cc(-c2cc(-c3cc(C(C)(C)C)cc(C(C)(C)C)c3)nc(-c3cc4c5c(c3)-n3c6cc(-c7ccccc7)cc(-c7ccccc7)c6c6c(-c7cc(C(C)(C)C)cc(C(C)(C)C)c7)ccc(c63)B5c3ccc(-c5cc(C(C)(C)C)cc(C(C)(C)C)c5)c5c6c(-c7ccccc7)cc(-c7ccccc7)cc6n-4c35)n2)cc(C(C)(C)C)c1. The zero-order valence-electron chi connectivity index (χ0n) is 74.7. The van der Waals surface area contributed by atoms with Gasteiger partial charge in [0.15, 0.2) is 5.82 Å². The van der Waals surface area contributed by atoms with E-state index in [0.29, 0.717) is 5.82 Å². The summed E-state index contributed by atoms with van der Waals surface area (Å²) in [5.74, 6) is 0.664. The van der Waals surface area contributed by atoms with Crippen molar-refractivity contribution < 1.29 is 0 Å². The van der Waals surface area contributed by atoms with Gasteiger partial charge in [0.2, 0.25) is 0 Å². The lowest BCUT2D eigenvalue weighted by molar-refractivity contribution is 0.568. The normalized spacial score (nSPS) is 13.4. The Kier molecular flexibility index (Phi) is 18.3. The zero-order valence-corrected chi connectivity index (χ0v) is 74.7. The van der Waals surface area contributed by atoms with E-state index in [1.807, 2.05) is 0 Å². The van der Waals surface area contributed by atoms with Crippen LogP contribution in [0.1, 0.15) is 211 Å². The second-order valence-corrected chi connectivity index (χ2v) is 42.8. The molecule has 0 unspecified atom stereocenters. The summed E-state index contributed by atoms with van der Waals surface area (Å²) in [7, 11) is 0. The minimum atomic E-state index is -0.259. The average molecular weight is 1550 g/mol. The number of hydrogen-bond donors (Lipinski definition) is 0. The lowest BCUT2D eigenvalue weighted by Gasteiger charge is -2.34. The second-order valence-electron chi connectivity index (χ2n) is 42.8. The molecule has 3 aromatic heterocycles. The van der Waals surface area contributed by atoms with Gasteiger partial charge in [-0.1, -0.05) is 360 Å². The molecule has 4 nitrogen and oxygen atoms in total. The first-order valence-corrected chi connectivity index (χ1v) is 43.3. The average Bonchev–Trinajstić information content (AvgIpc) is 1.52. The topological polar surface area (TPSA) is 35.6 Å². The van der Waals surface area contributed by atoms with E-state index in [9.17, 15) is 0 Å². The number of rotatable bonds is 9. The van der Waals surface area contributed by atoms with E-state index in [0.717, 1.165) is 72.7 Å². The van der Waals surface area contributed by atoms with Crippen molar-refractivity contribution in [2.75, 3.05) is 0 Å². The summed E-state index contributed by atoms with van der Waals surface area (Å²) in [5, 5.41) is 4.93. The van der Waals surface area contributed by atoms with E-state index in [1.165, 1.54) is 138 Å². The largest absolute Gasteiger partial charge is 0.310 e. The molecule has 0 N–H and O–H groups in total. The molecule has 0 radical (unpaired) electrons.